The van der Waals surface area contributed by atoms with Crippen molar-refractivity contribution in [3.8, 4) is 5.75 Å². The van der Waals surface area contributed by atoms with Gasteiger partial charge < -0.3 is 14.6 Å². The maximum Gasteiger partial charge on any atom is 0.272 e. The second-order valence-electron chi connectivity index (χ2n) is 6.04. The molecule has 0 bridgehead atoms. The number of anilines is 1. The Bertz CT molecular complexity index is 975. The fraction of sp³-hybridized carbons (Fsp3) is 0.211. The van der Waals surface area contributed by atoms with Gasteiger partial charge in [0.25, 0.3) is 5.91 Å². The van der Waals surface area contributed by atoms with Gasteiger partial charge >= 0.3 is 0 Å². The van der Waals surface area contributed by atoms with Crippen molar-refractivity contribution in [2.45, 2.75) is 20.4 Å². The summed E-state index contributed by atoms with van der Waals surface area (Å²) in [5.41, 5.74) is 4.54. The van der Waals surface area contributed by atoms with E-state index in [0.29, 0.717) is 23.9 Å². The molecule has 4 rings (SSSR count). The number of carbonyl (C=O) groups is 1. The molecule has 122 valence electrons. The Kier molecular flexibility index (Phi) is 3.50. The zero-order valence-electron chi connectivity index (χ0n) is 13.5. The van der Waals surface area contributed by atoms with E-state index in [4.69, 9.17) is 16.3 Å². The number of hydrogen-bond acceptors (Lipinski definition) is 2. The number of aromatic nitrogens is 1. The number of hydrogen-bond donors (Lipinski definition) is 1. The van der Waals surface area contributed by atoms with Gasteiger partial charge in [-0.05, 0) is 49.2 Å². The van der Waals surface area contributed by atoms with Crippen LogP contribution in [0.5, 0.6) is 5.75 Å². The highest BCUT2D eigenvalue weighted by Gasteiger charge is 2.23. The van der Waals surface area contributed by atoms with Gasteiger partial charge in [0.1, 0.15) is 18.1 Å². The Hall–Kier alpha value is -2.46. The van der Waals surface area contributed by atoms with Crippen LogP contribution in [0.2, 0.25) is 5.02 Å². The number of halogens is 1. The van der Waals surface area contributed by atoms with Gasteiger partial charge in [-0.15, -0.1) is 0 Å². The minimum Gasteiger partial charge on any atom is -0.490 e. The molecule has 0 spiro atoms. The Morgan fingerprint density at radius 3 is 2.92 bits per heavy atom. The topological polar surface area (TPSA) is 43.3 Å². The van der Waals surface area contributed by atoms with Crippen molar-refractivity contribution in [1.29, 1.82) is 0 Å². The third-order valence-corrected chi connectivity index (χ3v) is 4.96. The monoisotopic (exact) mass is 340 g/mol. The van der Waals surface area contributed by atoms with E-state index in [1.165, 1.54) is 0 Å². The molecular formula is C19H17ClN2O2. The number of rotatable bonds is 2. The van der Waals surface area contributed by atoms with E-state index < -0.39 is 0 Å². The number of aryl methyl sites for hydroxylation is 1. The summed E-state index contributed by atoms with van der Waals surface area (Å²) in [4.78, 5) is 12.9. The first-order valence-corrected chi connectivity index (χ1v) is 8.26. The van der Waals surface area contributed by atoms with Crippen molar-refractivity contribution in [3.05, 3.63) is 58.2 Å². The van der Waals surface area contributed by atoms with Gasteiger partial charge in [0, 0.05) is 11.1 Å². The summed E-state index contributed by atoms with van der Waals surface area (Å²) >= 11 is 6.31. The number of carbonyl (C=O) groups excluding carboxylic acids is 1. The first-order chi connectivity index (χ1) is 11.6. The van der Waals surface area contributed by atoms with E-state index in [1.54, 1.807) is 6.07 Å². The van der Waals surface area contributed by atoms with Crippen LogP contribution in [-0.2, 0) is 6.54 Å². The van der Waals surface area contributed by atoms with Gasteiger partial charge in [-0.25, -0.2) is 0 Å². The van der Waals surface area contributed by atoms with Crippen LogP contribution in [-0.4, -0.2) is 17.1 Å². The summed E-state index contributed by atoms with van der Waals surface area (Å²) < 4.78 is 7.67. The second-order valence-corrected chi connectivity index (χ2v) is 6.45. The van der Waals surface area contributed by atoms with Crippen LogP contribution in [0.3, 0.4) is 0 Å². The molecule has 2 aromatic carbocycles. The molecule has 1 aliphatic rings. The molecule has 1 aliphatic heterocycles. The molecule has 1 aromatic heterocycles. The molecule has 4 nitrogen and oxygen atoms in total. The normalized spacial score (nSPS) is 13.0. The SMILES string of the molecule is Cc1cccc(NC(=O)c2cc3c(Cl)ccc4c3n2CCO4)c1C. The third kappa shape index (κ3) is 2.26. The quantitative estimate of drug-likeness (QED) is 0.743. The summed E-state index contributed by atoms with van der Waals surface area (Å²) in [7, 11) is 0. The van der Waals surface area contributed by atoms with Crippen LogP contribution in [0, 0.1) is 13.8 Å². The number of amides is 1. The molecule has 2 heterocycles. The molecule has 0 unspecified atom stereocenters. The van der Waals surface area contributed by atoms with Crippen LogP contribution in [0.15, 0.2) is 36.4 Å². The van der Waals surface area contributed by atoms with Crippen LogP contribution >= 0.6 is 11.6 Å². The van der Waals surface area contributed by atoms with Gasteiger partial charge in [-0.1, -0.05) is 23.7 Å². The van der Waals surface area contributed by atoms with Crippen molar-refractivity contribution in [1.82, 2.24) is 4.57 Å². The first-order valence-electron chi connectivity index (χ1n) is 7.88. The smallest absolute Gasteiger partial charge is 0.272 e. The van der Waals surface area contributed by atoms with Crippen molar-refractivity contribution in [2.75, 3.05) is 11.9 Å². The van der Waals surface area contributed by atoms with Crippen LogP contribution in [0.4, 0.5) is 5.69 Å². The lowest BCUT2D eigenvalue weighted by Crippen LogP contribution is -2.22. The van der Waals surface area contributed by atoms with Crippen LogP contribution < -0.4 is 10.1 Å². The average Bonchev–Trinajstić information content (AvgIpc) is 2.97. The predicted molar refractivity (Wildman–Crippen MR) is 96.3 cm³/mol. The summed E-state index contributed by atoms with van der Waals surface area (Å²) in [6.45, 7) is 5.21. The van der Waals surface area contributed by atoms with Gasteiger partial charge in [0.2, 0.25) is 0 Å². The van der Waals surface area contributed by atoms with E-state index in [9.17, 15) is 4.79 Å². The van der Waals surface area contributed by atoms with Crippen LogP contribution in [0.1, 0.15) is 21.6 Å². The molecular weight excluding hydrogens is 324 g/mol. The lowest BCUT2D eigenvalue weighted by Gasteiger charge is -2.19. The molecule has 5 heteroatoms. The lowest BCUT2D eigenvalue weighted by molar-refractivity contribution is 0.101. The summed E-state index contributed by atoms with van der Waals surface area (Å²) in [5.74, 6) is 0.634. The van der Waals surface area contributed by atoms with E-state index >= 15 is 0 Å². The maximum absolute atomic E-state index is 12.9. The summed E-state index contributed by atoms with van der Waals surface area (Å²) in [6, 6.07) is 11.4. The number of ether oxygens (including phenoxy) is 1. The van der Waals surface area contributed by atoms with E-state index in [-0.39, 0.29) is 5.91 Å². The molecule has 24 heavy (non-hydrogen) atoms. The van der Waals surface area contributed by atoms with Crippen molar-refractivity contribution < 1.29 is 9.53 Å². The van der Waals surface area contributed by atoms with Gasteiger partial charge in [0.05, 0.1) is 17.1 Å². The number of nitrogens with zero attached hydrogens (tertiary/aromatic N) is 1. The minimum atomic E-state index is -0.135. The van der Waals surface area contributed by atoms with Gasteiger partial charge in [0.15, 0.2) is 0 Å². The Balaban J connectivity index is 1.80. The fourth-order valence-corrected chi connectivity index (χ4v) is 3.38. The fourth-order valence-electron chi connectivity index (χ4n) is 3.17. The van der Waals surface area contributed by atoms with Gasteiger partial charge in [-0.2, -0.15) is 0 Å². The summed E-state index contributed by atoms with van der Waals surface area (Å²) in [6.07, 6.45) is 0. The minimum absolute atomic E-state index is 0.135. The molecule has 0 fully saturated rings. The molecule has 1 amide bonds. The zero-order valence-corrected chi connectivity index (χ0v) is 14.3. The van der Waals surface area contributed by atoms with Crippen molar-refractivity contribution in [2.24, 2.45) is 0 Å². The summed E-state index contributed by atoms with van der Waals surface area (Å²) in [5, 5.41) is 4.49. The van der Waals surface area contributed by atoms with Gasteiger partial charge in [-0.3, -0.25) is 4.79 Å². The largest absolute Gasteiger partial charge is 0.490 e. The van der Waals surface area contributed by atoms with E-state index in [1.807, 2.05) is 48.7 Å². The molecule has 0 atom stereocenters. The molecule has 3 aromatic rings. The highest BCUT2D eigenvalue weighted by molar-refractivity contribution is 6.36. The predicted octanol–water partition coefficient (Wildman–Crippen LogP) is 4.56. The average molecular weight is 341 g/mol. The van der Waals surface area contributed by atoms with Crippen molar-refractivity contribution >= 4 is 34.1 Å². The first kappa shape index (κ1) is 15.1. The lowest BCUT2D eigenvalue weighted by atomic mass is 10.1. The zero-order chi connectivity index (χ0) is 16.8. The van der Waals surface area contributed by atoms with E-state index in [0.717, 1.165) is 33.5 Å². The second kappa shape index (κ2) is 5.56. The Labute approximate surface area is 145 Å². The highest BCUT2D eigenvalue weighted by atomic mass is 35.5. The maximum atomic E-state index is 12.9. The molecule has 1 N–H and O–H groups in total. The van der Waals surface area contributed by atoms with Crippen molar-refractivity contribution in [3.63, 3.8) is 0 Å². The highest BCUT2D eigenvalue weighted by Crippen LogP contribution is 2.36. The molecule has 0 saturated carbocycles. The third-order valence-electron chi connectivity index (χ3n) is 4.63. The van der Waals surface area contributed by atoms with Crippen LogP contribution in [0.25, 0.3) is 10.9 Å². The standard InChI is InChI=1S/C19H17ClN2O2/c1-11-4-3-5-15(12(11)2)21-19(23)16-10-13-14(20)6-7-17-18(13)22(16)8-9-24-17/h3-7,10H,8-9H2,1-2H3,(H,21,23). The molecule has 0 radical (unpaired) electrons. The number of benzene rings is 2. The Morgan fingerprint density at radius 1 is 1.25 bits per heavy atom. The number of nitrogens with one attached hydrogen (secondary N) is 1. The molecule has 0 saturated heterocycles. The molecule has 0 aliphatic carbocycles. The Morgan fingerprint density at radius 2 is 2.08 bits per heavy atom. The van der Waals surface area contributed by atoms with E-state index in [2.05, 4.69) is 5.32 Å².